The minimum absolute atomic E-state index is 0.0492. The SMILES string of the molecule is Cc1ccc(O)c(N2C(=O)C(=O)/C(=C(\O)c3c[nH]c4ccccc34)C2c2ccncc2)c1. The van der Waals surface area contributed by atoms with Crippen LogP contribution in [-0.2, 0) is 9.59 Å². The number of pyridine rings is 1. The Kier molecular flexibility index (Phi) is 4.52. The summed E-state index contributed by atoms with van der Waals surface area (Å²) in [7, 11) is 0. The summed E-state index contributed by atoms with van der Waals surface area (Å²) in [4.78, 5) is 34.8. The molecule has 1 unspecified atom stereocenters. The van der Waals surface area contributed by atoms with Gasteiger partial charge in [0.1, 0.15) is 11.5 Å². The molecule has 0 radical (unpaired) electrons. The molecular weight excluding hydrogens is 406 g/mol. The van der Waals surface area contributed by atoms with Crippen LogP contribution in [0.3, 0.4) is 0 Å². The average Bonchev–Trinajstić information content (AvgIpc) is 3.35. The summed E-state index contributed by atoms with van der Waals surface area (Å²) < 4.78 is 0. The molecule has 7 heteroatoms. The molecule has 5 rings (SSSR count). The number of carbonyl (C=O) groups excluding carboxylic acids is 2. The number of aromatic nitrogens is 2. The van der Waals surface area contributed by atoms with E-state index in [4.69, 9.17) is 0 Å². The fraction of sp³-hybridized carbons (Fsp3) is 0.0800. The number of hydrogen-bond donors (Lipinski definition) is 3. The summed E-state index contributed by atoms with van der Waals surface area (Å²) in [6, 6.07) is 14.6. The average molecular weight is 425 g/mol. The molecule has 1 amide bonds. The van der Waals surface area contributed by atoms with Crippen molar-refractivity contribution in [1.82, 2.24) is 9.97 Å². The molecule has 2 aromatic heterocycles. The number of aromatic hydroxyl groups is 1. The van der Waals surface area contributed by atoms with Crippen LogP contribution in [0.25, 0.3) is 16.7 Å². The highest BCUT2D eigenvalue weighted by Gasteiger charge is 2.47. The lowest BCUT2D eigenvalue weighted by Gasteiger charge is -2.26. The van der Waals surface area contributed by atoms with Crippen molar-refractivity contribution < 1.29 is 19.8 Å². The van der Waals surface area contributed by atoms with E-state index in [2.05, 4.69) is 9.97 Å². The van der Waals surface area contributed by atoms with Crippen molar-refractivity contribution >= 4 is 34.0 Å². The predicted octanol–water partition coefficient (Wildman–Crippen LogP) is 4.20. The van der Waals surface area contributed by atoms with Gasteiger partial charge in [-0.1, -0.05) is 24.3 Å². The van der Waals surface area contributed by atoms with Crippen LogP contribution in [0.2, 0.25) is 0 Å². The number of ketones is 1. The van der Waals surface area contributed by atoms with E-state index in [1.165, 1.54) is 11.0 Å². The Balaban J connectivity index is 1.78. The van der Waals surface area contributed by atoms with Crippen LogP contribution in [0.5, 0.6) is 5.75 Å². The van der Waals surface area contributed by atoms with Gasteiger partial charge in [0.2, 0.25) is 0 Å². The fourth-order valence-electron chi connectivity index (χ4n) is 4.18. The van der Waals surface area contributed by atoms with Gasteiger partial charge in [-0.15, -0.1) is 0 Å². The first-order valence-corrected chi connectivity index (χ1v) is 10.0. The number of H-pyrrole nitrogens is 1. The molecule has 0 spiro atoms. The number of aryl methyl sites for hydroxylation is 1. The number of aliphatic hydroxyl groups excluding tert-OH is 1. The maximum Gasteiger partial charge on any atom is 0.300 e. The second-order valence-electron chi connectivity index (χ2n) is 7.69. The van der Waals surface area contributed by atoms with Crippen molar-refractivity contribution in [3.05, 3.63) is 95.5 Å². The van der Waals surface area contributed by atoms with Crippen molar-refractivity contribution in [1.29, 1.82) is 0 Å². The molecule has 1 aliphatic rings. The number of hydrogen-bond acceptors (Lipinski definition) is 5. The van der Waals surface area contributed by atoms with Crippen molar-refractivity contribution in [3.8, 4) is 5.75 Å². The van der Waals surface area contributed by atoms with Crippen molar-refractivity contribution in [2.24, 2.45) is 0 Å². The summed E-state index contributed by atoms with van der Waals surface area (Å²) >= 11 is 0. The number of carbonyl (C=O) groups is 2. The molecule has 1 fully saturated rings. The lowest BCUT2D eigenvalue weighted by Crippen LogP contribution is -2.29. The van der Waals surface area contributed by atoms with Gasteiger partial charge >= 0.3 is 0 Å². The van der Waals surface area contributed by atoms with E-state index < -0.39 is 17.7 Å². The summed E-state index contributed by atoms with van der Waals surface area (Å²) in [5.41, 5.74) is 2.76. The highest BCUT2D eigenvalue weighted by Crippen LogP contribution is 2.45. The molecule has 32 heavy (non-hydrogen) atoms. The Bertz CT molecular complexity index is 1410. The number of nitrogens with one attached hydrogen (secondary N) is 1. The van der Waals surface area contributed by atoms with Crippen LogP contribution in [0.15, 0.2) is 78.8 Å². The van der Waals surface area contributed by atoms with Gasteiger partial charge in [0.15, 0.2) is 0 Å². The number of nitrogens with zero attached hydrogens (tertiary/aromatic N) is 2. The van der Waals surface area contributed by atoms with Gasteiger partial charge in [0.25, 0.3) is 11.7 Å². The predicted molar refractivity (Wildman–Crippen MR) is 120 cm³/mol. The third-order valence-electron chi connectivity index (χ3n) is 5.70. The summed E-state index contributed by atoms with van der Waals surface area (Å²) in [6.07, 6.45) is 4.72. The number of phenolic OH excluding ortho intramolecular Hbond substituents is 1. The van der Waals surface area contributed by atoms with Crippen molar-refractivity contribution in [2.75, 3.05) is 4.90 Å². The minimum Gasteiger partial charge on any atom is -0.507 e. The topological polar surface area (TPSA) is 107 Å². The quantitative estimate of drug-likeness (QED) is 0.259. The molecule has 0 bridgehead atoms. The van der Waals surface area contributed by atoms with Crippen LogP contribution >= 0.6 is 0 Å². The molecule has 3 heterocycles. The van der Waals surface area contributed by atoms with E-state index in [1.807, 2.05) is 31.2 Å². The molecule has 1 aliphatic heterocycles. The number of para-hydroxylation sites is 1. The minimum atomic E-state index is -0.931. The molecule has 3 N–H and O–H groups in total. The van der Waals surface area contributed by atoms with Gasteiger partial charge in [-0.25, -0.2) is 0 Å². The number of phenols is 1. The van der Waals surface area contributed by atoms with Gasteiger partial charge in [-0.2, -0.15) is 0 Å². The Morgan fingerprint density at radius 1 is 1.06 bits per heavy atom. The number of Topliss-reactive ketones (excluding diaryl/α,β-unsaturated/α-hetero) is 1. The Hall–Kier alpha value is -4.39. The standard InChI is InChI=1S/C25H19N3O4/c1-14-6-7-20(29)19(12-14)28-22(15-8-10-26-11-9-15)21(24(31)25(28)32)23(30)17-13-27-18-5-3-2-4-16(17)18/h2-13,22,27,29-30H,1H3/b23-21-. The number of rotatable bonds is 3. The summed E-state index contributed by atoms with van der Waals surface area (Å²) in [5.74, 6) is -2.06. The second kappa shape index (κ2) is 7.39. The highest BCUT2D eigenvalue weighted by atomic mass is 16.3. The van der Waals surface area contributed by atoms with Crippen LogP contribution in [0.4, 0.5) is 5.69 Å². The molecule has 0 saturated carbocycles. The van der Waals surface area contributed by atoms with E-state index in [-0.39, 0.29) is 22.8 Å². The maximum atomic E-state index is 13.2. The molecule has 4 aromatic rings. The largest absolute Gasteiger partial charge is 0.507 e. The zero-order valence-corrected chi connectivity index (χ0v) is 17.1. The monoisotopic (exact) mass is 425 g/mol. The summed E-state index contributed by atoms with van der Waals surface area (Å²) in [6.45, 7) is 1.83. The molecule has 0 aliphatic carbocycles. The van der Waals surface area contributed by atoms with E-state index in [0.29, 0.717) is 11.1 Å². The van der Waals surface area contributed by atoms with Crippen LogP contribution in [0.1, 0.15) is 22.7 Å². The van der Waals surface area contributed by atoms with Crippen LogP contribution in [0, 0.1) is 6.92 Å². The molecule has 1 saturated heterocycles. The van der Waals surface area contributed by atoms with Crippen molar-refractivity contribution in [3.63, 3.8) is 0 Å². The first-order valence-electron chi connectivity index (χ1n) is 10.0. The Labute approximate surface area is 183 Å². The molecule has 2 aromatic carbocycles. The third-order valence-corrected chi connectivity index (χ3v) is 5.70. The zero-order chi connectivity index (χ0) is 22.4. The van der Waals surface area contributed by atoms with E-state index >= 15 is 0 Å². The van der Waals surface area contributed by atoms with Crippen LogP contribution in [-0.4, -0.2) is 31.9 Å². The highest BCUT2D eigenvalue weighted by molar-refractivity contribution is 6.52. The van der Waals surface area contributed by atoms with Gasteiger partial charge in [0.05, 0.1) is 17.3 Å². The number of anilines is 1. The maximum absolute atomic E-state index is 13.2. The molecule has 7 nitrogen and oxygen atoms in total. The lowest BCUT2D eigenvalue weighted by molar-refractivity contribution is -0.132. The van der Waals surface area contributed by atoms with Gasteiger partial charge in [-0.05, 0) is 48.4 Å². The number of benzene rings is 2. The van der Waals surface area contributed by atoms with E-state index in [0.717, 1.165) is 16.5 Å². The van der Waals surface area contributed by atoms with Gasteiger partial charge in [-0.3, -0.25) is 19.5 Å². The molecular formula is C25H19N3O4. The Morgan fingerprint density at radius 2 is 1.81 bits per heavy atom. The van der Waals surface area contributed by atoms with Gasteiger partial charge in [0, 0.05) is 35.1 Å². The number of aromatic amines is 1. The van der Waals surface area contributed by atoms with E-state index in [1.54, 1.807) is 42.9 Å². The van der Waals surface area contributed by atoms with Crippen molar-refractivity contribution in [2.45, 2.75) is 13.0 Å². The van der Waals surface area contributed by atoms with E-state index in [9.17, 15) is 19.8 Å². The molecule has 1 atom stereocenters. The second-order valence-corrected chi connectivity index (χ2v) is 7.69. The number of fused-ring (bicyclic) bond motifs is 1. The number of aliphatic hydroxyl groups is 1. The summed E-state index contributed by atoms with van der Waals surface area (Å²) in [5, 5.41) is 22.5. The van der Waals surface area contributed by atoms with Crippen LogP contribution < -0.4 is 4.90 Å². The lowest BCUT2D eigenvalue weighted by atomic mass is 9.95. The normalized spacial score (nSPS) is 17.9. The Morgan fingerprint density at radius 3 is 2.59 bits per heavy atom. The molecule has 158 valence electrons. The zero-order valence-electron chi connectivity index (χ0n) is 17.1. The fourth-order valence-corrected chi connectivity index (χ4v) is 4.18. The number of amides is 1. The van der Waals surface area contributed by atoms with Gasteiger partial charge < -0.3 is 15.2 Å². The smallest absolute Gasteiger partial charge is 0.300 e. The third kappa shape index (κ3) is 2.94. The first kappa shape index (κ1) is 19.6. The first-order chi connectivity index (χ1) is 15.5.